The van der Waals surface area contributed by atoms with Crippen LogP contribution in [0.5, 0.6) is 0 Å². The lowest BCUT2D eigenvalue weighted by Crippen LogP contribution is -2.46. The van der Waals surface area contributed by atoms with Gasteiger partial charge in [-0.1, -0.05) is 13.8 Å². The monoisotopic (exact) mass is 461 g/mol. The van der Waals surface area contributed by atoms with Crippen molar-refractivity contribution in [3.05, 3.63) is 33.1 Å². The summed E-state index contributed by atoms with van der Waals surface area (Å²) in [7, 11) is 1.60. The number of ether oxygens (including phenoxy) is 3. The summed E-state index contributed by atoms with van der Waals surface area (Å²) in [5.41, 5.74) is -2.29. The molecule has 1 aliphatic heterocycles. The van der Waals surface area contributed by atoms with Gasteiger partial charge in [-0.2, -0.15) is 4.57 Å². The third-order valence-electron chi connectivity index (χ3n) is 5.15. The van der Waals surface area contributed by atoms with Crippen molar-refractivity contribution in [2.24, 2.45) is 5.92 Å². The van der Waals surface area contributed by atoms with Crippen LogP contribution in [0.1, 0.15) is 32.9 Å². The van der Waals surface area contributed by atoms with Crippen molar-refractivity contribution in [3.63, 3.8) is 0 Å². The quantitative estimate of drug-likeness (QED) is 0.311. The lowest BCUT2D eigenvalue weighted by molar-refractivity contribution is -0.218. The van der Waals surface area contributed by atoms with E-state index < -0.39 is 60.1 Å². The van der Waals surface area contributed by atoms with Crippen molar-refractivity contribution >= 4 is 12.1 Å². The number of carbonyl (C=O) groups is 2. The summed E-state index contributed by atoms with van der Waals surface area (Å²) in [4.78, 5) is 48.8. The van der Waals surface area contributed by atoms with E-state index in [0.717, 1.165) is 12.3 Å². The Kier molecular flexibility index (Phi) is 8.66. The van der Waals surface area contributed by atoms with Crippen LogP contribution in [-0.2, 0) is 19.0 Å². The first-order valence-electron chi connectivity index (χ1n) is 10.2. The number of likely N-dealkylation sites (N-methyl/N-ethyl adjacent to an activating group) is 1. The van der Waals surface area contributed by atoms with Gasteiger partial charge in [-0.3, -0.25) is 14.2 Å². The number of nitrogens with one attached hydrogen (secondary N) is 1. The minimum atomic E-state index is -3.03. The van der Waals surface area contributed by atoms with Gasteiger partial charge in [0, 0.05) is 18.8 Å². The predicted octanol–water partition coefficient (Wildman–Crippen LogP) is -0.890. The first kappa shape index (κ1) is 25.6. The number of esters is 1. The lowest BCUT2D eigenvalue weighted by atomic mass is 10.0. The van der Waals surface area contributed by atoms with Crippen molar-refractivity contribution in [2.45, 2.75) is 51.0 Å². The van der Waals surface area contributed by atoms with E-state index in [9.17, 15) is 29.4 Å². The second-order valence-corrected chi connectivity index (χ2v) is 7.25. The summed E-state index contributed by atoms with van der Waals surface area (Å²) < 4.78 is 30.7. The summed E-state index contributed by atoms with van der Waals surface area (Å²) in [6.07, 6.45) is -5.44. The van der Waals surface area contributed by atoms with Gasteiger partial charge in [0.25, 0.3) is 11.4 Å². The zero-order valence-electron chi connectivity index (χ0n) is 18.0. The summed E-state index contributed by atoms with van der Waals surface area (Å²) in [6.45, 7) is 2.61. The van der Waals surface area contributed by atoms with Crippen molar-refractivity contribution in [1.29, 1.82) is 0 Å². The molecule has 2 rings (SSSR count). The molecule has 4 atom stereocenters. The van der Waals surface area contributed by atoms with Crippen LogP contribution in [0.4, 0.5) is 9.18 Å². The summed E-state index contributed by atoms with van der Waals surface area (Å²) in [6, 6.07) is 0.814. The molecule has 1 aromatic heterocycles. The molecule has 2 heterocycles. The average Bonchev–Trinajstić information content (AvgIpc) is 2.98. The molecule has 0 unspecified atom stereocenters. The van der Waals surface area contributed by atoms with Gasteiger partial charge >= 0.3 is 17.8 Å². The molecule has 1 aromatic rings. The highest BCUT2D eigenvalue weighted by molar-refractivity contribution is 5.72. The number of rotatable bonds is 9. The van der Waals surface area contributed by atoms with E-state index in [1.807, 2.05) is 0 Å². The van der Waals surface area contributed by atoms with Crippen LogP contribution in [0, 0.1) is 5.92 Å². The zero-order chi connectivity index (χ0) is 24.1. The van der Waals surface area contributed by atoms with Crippen molar-refractivity contribution in [2.75, 3.05) is 26.8 Å². The molecule has 0 amide bonds. The number of aromatic nitrogens is 2. The number of nitrogens with zero attached hydrogens (tertiary/aromatic N) is 2. The molecule has 13 heteroatoms. The molecule has 1 saturated heterocycles. The number of halogens is 1. The Morgan fingerprint density at radius 3 is 2.53 bits per heavy atom. The number of carbonyl (C=O) groups excluding carboxylic acids is 2. The first-order chi connectivity index (χ1) is 15.1. The largest absolute Gasteiger partial charge is 0.459 e. The van der Waals surface area contributed by atoms with Gasteiger partial charge in [0.1, 0.15) is 18.8 Å². The SMILES string of the molecule is CCC(CC)C(=O)OC[C@@]1(F)O[C@@H](n2ccc(=O)n(C(=O)OCCNC)c2=O)[C@H](O)[C@@H]1O. The smallest absolute Gasteiger partial charge is 0.425 e. The molecular formula is C19H28FN3O9. The molecule has 32 heavy (non-hydrogen) atoms. The average molecular weight is 461 g/mol. The molecule has 1 aliphatic rings. The minimum absolute atomic E-state index is 0.132. The summed E-state index contributed by atoms with van der Waals surface area (Å²) >= 11 is 0. The molecule has 3 N–H and O–H groups in total. The van der Waals surface area contributed by atoms with Gasteiger partial charge in [-0.25, -0.2) is 14.0 Å². The molecule has 0 aromatic carbocycles. The number of hydrogen-bond donors (Lipinski definition) is 3. The Bertz CT molecular complexity index is 929. The van der Waals surface area contributed by atoms with Crippen LogP contribution in [0.25, 0.3) is 0 Å². The van der Waals surface area contributed by atoms with E-state index in [4.69, 9.17) is 14.2 Å². The van der Waals surface area contributed by atoms with E-state index in [-0.39, 0.29) is 17.7 Å². The number of aliphatic hydroxyl groups excluding tert-OH is 2. The van der Waals surface area contributed by atoms with Gasteiger partial charge in [0.2, 0.25) is 0 Å². The summed E-state index contributed by atoms with van der Waals surface area (Å²) in [5.74, 6) is -4.20. The normalized spacial score (nSPS) is 25.2. The van der Waals surface area contributed by atoms with E-state index in [1.165, 1.54) is 0 Å². The van der Waals surface area contributed by atoms with Gasteiger partial charge in [-0.05, 0) is 19.9 Å². The standard InChI is InChI=1S/C19H28FN3O9/c1-4-11(5-2)16(27)31-10-19(20)14(26)13(25)15(32-19)22-8-6-12(24)23(17(22)28)18(29)30-9-7-21-3/h6,8,11,13-15,21,25-26H,4-5,7,9-10H2,1-3H3/t13-,14+,15-,19-/m1/s1. The van der Waals surface area contributed by atoms with Gasteiger partial charge < -0.3 is 29.7 Å². The van der Waals surface area contributed by atoms with Gasteiger partial charge in [0.05, 0.1) is 5.92 Å². The van der Waals surface area contributed by atoms with Gasteiger partial charge in [0.15, 0.2) is 12.8 Å². The van der Waals surface area contributed by atoms with Crippen LogP contribution in [0.3, 0.4) is 0 Å². The molecule has 1 fully saturated rings. The van der Waals surface area contributed by atoms with Crippen molar-refractivity contribution < 1.29 is 38.4 Å². The Hall–Kier alpha value is -2.61. The van der Waals surface area contributed by atoms with E-state index in [2.05, 4.69) is 5.32 Å². The van der Waals surface area contributed by atoms with Gasteiger partial charge in [-0.15, -0.1) is 0 Å². The molecule has 180 valence electrons. The topological polar surface area (TPSA) is 158 Å². The maximum Gasteiger partial charge on any atom is 0.425 e. The van der Waals surface area contributed by atoms with Crippen molar-refractivity contribution in [1.82, 2.24) is 14.5 Å². The molecule has 12 nitrogen and oxygen atoms in total. The molecule has 0 spiro atoms. The third-order valence-corrected chi connectivity index (χ3v) is 5.15. The van der Waals surface area contributed by atoms with E-state index >= 15 is 4.39 Å². The highest BCUT2D eigenvalue weighted by Crippen LogP contribution is 2.38. The highest BCUT2D eigenvalue weighted by atomic mass is 19.2. The van der Waals surface area contributed by atoms with E-state index in [1.54, 1.807) is 20.9 Å². The fourth-order valence-corrected chi connectivity index (χ4v) is 3.16. The second-order valence-electron chi connectivity index (χ2n) is 7.25. The maximum absolute atomic E-state index is 15.2. The number of hydrogen-bond acceptors (Lipinski definition) is 10. The fraction of sp³-hybridized carbons (Fsp3) is 0.684. The van der Waals surface area contributed by atoms with Crippen LogP contribution < -0.4 is 16.6 Å². The number of aliphatic hydroxyl groups is 2. The fourth-order valence-electron chi connectivity index (χ4n) is 3.16. The Morgan fingerprint density at radius 2 is 1.94 bits per heavy atom. The van der Waals surface area contributed by atoms with Crippen LogP contribution in [0.15, 0.2) is 21.9 Å². The third kappa shape index (κ3) is 5.23. The molecule has 0 saturated carbocycles. The predicted molar refractivity (Wildman–Crippen MR) is 107 cm³/mol. The van der Waals surface area contributed by atoms with Crippen LogP contribution in [-0.4, -0.2) is 76.3 Å². The summed E-state index contributed by atoms with van der Waals surface area (Å²) in [5, 5.41) is 23.1. The van der Waals surface area contributed by atoms with E-state index in [0.29, 0.717) is 17.4 Å². The Morgan fingerprint density at radius 1 is 1.28 bits per heavy atom. The Labute approximate surface area is 182 Å². The minimum Gasteiger partial charge on any atom is -0.459 e. The van der Waals surface area contributed by atoms with Crippen molar-refractivity contribution in [3.8, 4) is 0 Å². The molecule has 0 radical (unpaired) electrons. The highest BCUT2D eigenvalue weighted by Gasteiger charge is 2.57. The number of alkyl halides is 1. The Balaban J connectivity index is 2.26. The first-order valence-corrected chi connectivity index (χ1v) is 10.2. The molecular weight excluding hydrogens is 433 g/mol. The molecule has 0 bridgehead atoms. The maximum atomic E-state index is 15.2. The molecule has 0 aliphatic carbocycles. The lowest BCUT2D eigenvalue weighted by Gasteiger charge is -2.23. The van der Waals surface area contributed by atoms with Crippen LogP contribution in [0.2, 0.25) is 0 Å². The zero-order valence-corrected chi connectivity index (χ0v) is 18.0. The van der Waals surface area contributed by atoms with Crippen LogP contribution >= 0.6 is 0 Å². The second kappa shape index (κ2) is 10.8.